The molecule has 7 nitrogen and oxygen atoms in total. The van der Waals surface area contributed by atoms with Crippen LogP contribution >= 0.6 is 11.3 Å². The van der Waals surface area contributed by atoms with Crippen LogP contribution in [0.25, 0.3) is 0 Å². The van der Waals surface area contributed by atoms with Gasteiger partial charge in [0.2, 0.25) is 0 Å². The molecule has 5 rings (SSSR count). The molecular formula is C27H33FN4O3S2. The molecule has 0 bridgehead atoms. The molecule has 1 aromatic heterocycles. The Morgan fingerprint density at radius 3 is 2.76 bits per heavy atom. The fraction of sp³-hybridized carbons (Fsp3) is 0.444. The van der Waals surface area contributed by atoms with E-state index in [1.54, 1.807) is 12.5 Å². The van der Waals surface area contributed by atoms with Gasteiger partial charge in [0.1, 0.15) is 16.5 Å². The van der Waals surface area contributed by atoms with Crippen molar-refractivity contribution in [1.82, 2.24) is 9.88 Å². The number of methoxy groups -OCH3 is 1. The van der Waals surface area contributed by atoms with Gasteiger partial charge in [0.25, 0.3) is 10.0 Å². The van der Waals surface area contributed by atoms with Gasteiger partial charge in [0.05, 0.1) is 12.8 Å². The zero-order valence-corrected chi connectivity index (χ0v) is 23.0. The SMILES string of the molecule is CCc1cc(S(=O)(=O)Nc2nccs2)c(F)cc1N(C)[C@]12CCCN1C[C@H](Cc1ccc(OC)cc1)C2. The molecule has 0 saturated carbocycles. The lowest BCUT2D eigenvalue weighted by molar-refractivity contribution is 0.194. The van der Waals surface area contributed by atoms with Crippen LogP contribution in [-0.4, -0.2) is 51.2 Å². The highest BCUT2D eigenvalue weighted by molar-refractivity contribution is 7.93. The van der Waals surface area contributed by atoms with Gasteiger partial charge >= 0.3 is 0 Å². The fourth-order valence-electron chi connectivity index (χ4n) is 6.05. The summed E-state index contributed by atoms with van der Waals surface area (Å²) in [6.45, 7) is 3.97. The van der Waals surface area contributed by atoms with E-state index in [0.29, 0.717) is 12.3 Å². The molecule has 2 aromatic carbocycles. The number of aromatic nitrogens is 1. The van der Waals surface area contributed by atoms with Crippen molar-refractivity contribution >= 4 is 32.2 Å². The monoisotopic (exact) mass is 544 g/mol. The molecule has 3 aromatic rings. The van der Waals surface area contributed by atoms with Crippen LogP contribution in [0, 0.1) is 11.7 Å². The summed E-state index contributed by atoms with van der Waals surface area (Å²) in [5.41, 5.74) is 2.65. The smallest absolute Gasteiger partial charge is 0.266 e. The number of nitrogens with one attached hydrogen (secondary N) is 1. The molecule has 0 amide bonds. The topological polar surface area (TPSA) is 74.8 Å². The molecule has 0 aliphatic carbocycles. The van der Waals surface area contributed by atoms with E-state index in [4.69, 9.17) is 4.74 Å². The van der Waals surface area contributed by atoms with Crippen LogP contribution in [0.5, 0.6) is 5.75 Å². The molecule has 0 unspecified atom stereocenters. The van der Waals surface area contributed by atoms with E-state index >= 15 is 4.39 Å². The first-order valence-corrected chi connectivity index (χ1v) is 15.0. The third kappa shape index (κ3) is 4.94. The first-order chi connectivity index (χ1) is 17.8. The van der Waals surface area contributed by atoms with Gasteiger partial charge in [-0.15, -0.1) is 11.3 Å². The van der Waals surface area contributed by atoms with Crippen LogP contribution in [-0.2, 0) is 22.9 Å². The molecular weight excluding hydrogens is 511 g/mol. The second-order valence-electron chi connectivity index (χ2n) is 9.92. The maximum absolute atomic E-state index is 15.4. The highest BCUT2D eigenvalue weighted by Gasteiger charge is 2.51. The van der Waals surface area contributed by atoms with Gasteiger partial charge in [-0.1, -0.05) is 19.1 Å². The first kappa shape index (κ1) is 25.9. The van der Waals surface area contributed by atoms with Crippen molar-refractivity contribution in [3.05, 3.63) is 64.9 Å². The molecule has 37 heavy (non-hydrogen) atoms. The number of anilines is 2. The zero-order valence-electron chi connectivity index (χ0n) is 21.4. The van der Waals surface area contributed by atoms with Crippen LogP contribution < -0.4 is 14.4 Å². The minimum atomic E-state index is -4.09. The number of halogens is 1. The van der Waals surface area contributed by atoms with E-state index in [1.165, 1.54) is 23.9 Å². The van der Waals surface area contributed by atoms with Crippen molar-refractivity contribution < 1.29 is 17.5 Å². The summed E-state index contributed by atoms with van der Waals surface area (Å²) >= 11 is 1.15. The van der Waals surface area contributed by atoms with Crippen LogP contribution in [0.15, 0.2) is 52.9 Å². The molecule has 1 N–H and O–H groups in total. The van der Waals surface area contributed by atoms with Gasteiger partial charge in [0.15, 0.2) is 5.13 Å². The summed E-state index contributed by atoms with van der Waals surface area (Å²) in [5, 5.41) is 1.88. The molecule has 198 valence electrons. The number of thiazole rings is 1. The van der Waals surface area contributed by atoms with Crippen LogP contribution in [0.3, 0.4) is 0 Å². The Hall–Kier alpha value is -2.69. The molecule has 2 aliphatic heterocycles. The van der Waals surface area contributed by atoms with Crippen LogP contribution in [0.4, 0.5) is 15.2 Å². The number of ether oxygens (including phenoxy) is 1. The van der Waals surface area contributed by atoms with Gasteiger partial charge < -0.3 is 9.64 Å². The van der Waals surface area contributed by atoms with Crippen molar-refractivity contribution in [1.29, 1.82) is 0 Å². The van der Waals surface area contributed by atoms with Gasteiger partial charge in [-0.05, 0) is 73.4 Å². The second kappa shape index (κ2) is 10.2. The Labute approximate surface area is 222 Å². The number of benzene rings is 2. The Morgan fingerprint density at radius 2 is 2.08 bits per heavy atom. The molecule has 10 heteroatoms. The number of hydrogen-bond acceptors (Lipinski definition) is 7. The van der Waals surface area contributed by atoms with E-state index in [0.717, 1.165) is 67.1 Å². The quantitative estimate of drug-likeness (QED) is 0.402. The van der Waals surface area contributed by atoms with E-state index in [2.05, 4.69) is 31.6 Å². The Bertz CT molecular complexity index is 1350. The summed E-state index contributed by atoms with van der Waals surface area (Å²) in [6.07, 6.45) is 6.14. The summed E-state index contributed by atoms with van der Waals surface area (Å²) < 4.78 is 49.0. The van der Waals surface area contributed by atoms with Gasteiger partial charge in [-0.2, -0.15) is 0 Å². The standard InChI is InChI=1S/C27H33FN4O3S2/c1-4-21-15-25(37(33,34)30-26-29-11-13-36-26)23(28)16-24(21)31(2)27-10-5-12-32(27)18-20(17-27)14-19-6-8-22(35-3)9-7-19/h6-9,11,13,15-16,20H,4-5,10,12,14,17-18H2,1-3H3,(H,29,30)/t20-,27-/m1/s1. The molecule has 2 atom stereocenters. The maximum atomic E-state index is 15.4. The van der Waals surface area contributed by atoms with E-state index in [1.807, 2.05) is 26.1 Å². The largest absolute Gasteiger partial charge is 0.497 e. The van der Waals surface area contributed by atoms with Crippen LogP contribution in [0.1, 0.15) is 37.3 Å². The van der Waals surface area contributed by atoms with Crippen molar-refractivity contribution in [3.63, 3.8) is 0 Å². The molecule has 0 radical (unpaired) electrons. The van der Waals surface area contributed by atoms with Crippen molar-refractivity contribution in [2.75, 3.05) is 36.9 Å². The Kier molecular flexibility index (Phi) is 7.17. The normalized spacial score (nSPS) is 21.7. The van der Waals surface area contributed by atoms with E-state index in [9.17, 15) is 8.42 Å². The van der Waals surface area contributed by atoms with Crippen LogP contribution in [0.2, 0.25) is 0 Å². The Morgan fingerprint density at radius 1 is 1.30 bits per heavy atom. The Balaban J connectivity index is 1.41. The predicted molar refractivity (Wildman–Crippen MR) is 145 cm³/mol. The van der Waals surface area contributed by atoms with Gasteiger partial charge in [-0.25, -0.2) is 17.8 Å². The average Bonchev–Trinajstić information content (AvgIpc) is 3.60. The number of aryl methyl sites for hydroxylation is 1. The predicted octanol–water partition coefficient (Wildman–Crippen LogP) is 5.14. The third-order valence-electron chi connectivity index (χ3n) is 7.81. The summed E-state index contributed by atoms with van der Waals surface area (Å²) in [7, 11) is -0.385. The fourth-order valence-corrected chi connectivity index (χ4v) is 7.95. The van der Waals surface area contributed by atoms with Crippen molar-refractivity contribution in [3.8, 4) is 5.75 Å². The number of sulfonamides is 1. The number of hydrogen-bond donors (Lipinski definition) is 1. The lowest BCUT2D eigenvalue weighted by Gasteiger charge is -2.43. The lowest BCUT2D eigenvalue weighted by Crippen LogP contribution is -2.52. The second-order valence-corrected chi connectivity index (χ2v) is 12.5. The number of rotatable bonds is 9. The molecule has 0 spiro atoms. The zero-order chi connectivity index (χ0) is 26.2. The van der Waals surface area contributed by atoms with E-state index < -0.39 is 15.8 Å². The molecule has 2 aliphatic rings. The molecule has 2 saturated heterocycles. The van der Waals surface area contributed by atoms with Crippen molar-refractivity contribution in [2.45, 2.75) is 49.6 Å². The van der Waals surface area contributed by atoms with E-state index in [-0.39, 0.29) is 15.7 Å². The first-order valence-electron chi connectivity index (χ1n) is 12.6. The minimum absolute atomic E-state index is 0.201. The highest BCUT2D eigenvalue weighted by Crippen LogP contribution is 2.47. The number of nitrogens with zero attached hydrogens (tertiary/aromatic N) is 3. The highest BCUT2D eigenvalue weighted by atomic mass is 32.2. The minimum Gasteiger partial charge on any atom is -0.497 e. The lowest BCUT2D eigenvalue weighted by atomic mass is 9.91. The summed E-state index contributed by atoms with van der Waals surface area (Å²) in [4.78, 5) is 8.36. The number of fused-ring (bicyclic) bond motifs is 1. The summed E-state index contributed by atoms with van der Waals surface area (Å²) in [5.74, 6) is 0.582. The van der Waals surface area contributed by atoms with Crippen molar-refractivity contribution in [2.24, 2.45) is 5.92 Å². The molecule has 2 fully saturated rings. The maximum Gasteiger partial charge on any atom is 0.266 e. The summed E-state index contributed by atoms with van der Waals surface area (Å²) in [6, 6.07) is 11.1. The van der Waals surface area contributed by atoms with Gasteiger partial charge in [0, 0.05) is 37.4 Å². The molecule has 3 heterocycles. The third-order valence-corrected chi connectivity index (χ3v) is 9.99. The van der Waals surface area contributed by atoms with Gasteiger partial charge in [-0.3, -0.25) is 9.62 Å². The average molecular weight is 545 g/mol.